The van der Waals surface area contributed by atoms with E-state index in [1.54, 1.807) is 7.11 Å². The van der Waals surface area contributed by atoms with Gasteiger partial charge in [-0.1, -0.05) is 65.8 Å². The monoisotopic (exact) mass is 592 g/mol. The van der Waals surface area contributed by atoms with E-state index in [9.17, 15) is 5.11 Å². The van der Waals surface area contributed by atoms with Crippen LogP contribution >= 0.6 is 0 Å². The molecule has 4 rings (SSSR count). The van der Waals surface area contributed by atoms with Crippen LogP contribution in [-0.4, -0.2) is 35.5 Å². The van der Waals surface area contributed by atoms with Gasteiger partial charge in [-0.3, -0.25) is 0 Å². The number of hydrogen-bond acceptors (Lipinski definition) is 5. The zero-order chi connectivity index (χ0) is 30.4. The highest BCUT2D eigenvalue weighted by Gasteiger charge is 2.47. The van der Waals surface area contributed by atoms with E-state index in [2.05, 4.69) is 79.9 Å². The maximum atomic E-state index is 12.7. The van der Waals surface area contributed by atoms with Gasteiger partial charge in [0.1, 0.15) is 28.6 Å². The summed E-state index contributed by atoms with van der Waals surface area (Å²) in [7, 11) is -2.37. The Balaban J connectivity index is 1.75. The van der Waals surface area contributed by atoms with Gasteiger partial charge in [-0.25, -0.2) is 0 Å². The van der Waals surface area contributed by atoms with Gasteiger partial charge in [-0.15, -0.1) is 0 Å². The van der Waals surface area contributed by atoms with Gasteiger partial charge in [0.25, 0.3) is 0 Å². The minimum atomic E-state index is -2.04. The third-order valence-corrected chi connectivity index (χ3v) is 18.2. The summed E-state index contributed by atoms with van der Waals surface area (Å²) in [4.78, 5) is 0. The zero-order valence-electron chi connectivity index (χ0n) is 26.7. The molecular formula is C34H48O5Si2. The predicted octanol–water partition coefficient (Wildman–Crippen LogP) is 8.88. The molecule has 5 nitrogen and oxygen atoms in total. The van der Waals surface area contributed by atoms with Crippen molar-refractivity contribution < 1.29 is 23.4 Å². The van der Waals surface area contributed by atoms with E-state index >= 15 is 0 Å². The number of ether oxygens (including phenoxy) is 2. The van der Waals surface area contributed by atoms with Crippen LogP contribution in [0.25, 0.3) is 0 Å². The molecule has 0 fully saturated rings. The van der Waals surface area contributed by atoms with Crippen LogP contribution in [0, 0.1) is 0 Å². The molecule has 2 unspecified atom stereocenters. The first-order valence-electron chi connectivity index (χ1n) is 14.5. The molecule has 0 radical (unpaired) electrons. The summed E-state index contributed by atoms with van der Waals surface area (Å²) in [6.07, 6.45) is 0. The minimum absolute atomic E-state index is 0.0686. The molecule has 0 amide bonds. The highest BCUT2D eigenvalue weighted by atomic mass is 28.4. The third-order valence-electron chi connectivity index (χ3n) is 9.44. The molecule has 0 saturated carbocycles. The second-order valence-corrected chi connectivity index (χ2v) is 23.8. The van der Waals surface area contributed by atoms with Crippen LogP contribution in [0.2, 0.25) is 36.3 Å². The van der Waals surface area contributed by atoms with Gasteiger partial charge < -0.3 is 23.4 Å². The SMILES string of the molecule is COc1ccc(C2(O)c3ccc(O[Si](C)(C)C(C)(C)C)cc3OCC2c2ccc(O[Si](C)(C)C(C)(C)C)cc2)cc1. The quantitative estimate of drug-likeness (QED) is 0.278. The van der Waals surface area contributed by atoms with Crippen molar-refractivity contribution in [2.45, 2.75) is 89.3 Å². The molecule has 1 aliphatic rings. The first kappa shape index (κ1) is 31.2. The fourth-order valence-corrected chi connectivity index (χ4v) is 6.74. The topological polar surface area (TPSA) is 57.2 Å². The molecule has 0 spiro atoms. The maximum absolute atomic E-state index is 12.7. The lowest BCUT2D eigenvalue weighted by Gasteiger charge is -2.42. The molecule has 41 heavy (non-hydrogen) atoms. The van der Waals surface area contributed by atoms with Crippen LogP contribution in [0.15, 0.2) is 66.7 Å². The summed E-state index contributed by atoms with van der Waals surface area (Å²) in [5.74, 6) is 2.69. The van der Waals surface area contributed by atoms with Gasteiger partial charge in [-0.05, 0) is 83.8 Å². The molecule has 1 aliphatic heterocycles. The molecule has 3 aromatic rings. The highest BCUT2D eigenvalue weighted by molar-refractivity contribution is 6.75. The zero-order valence-corrected chi connectivity index (χ0v) is 28.7. The fourth-order valence-electron chi connectivity index (χ4n) is 4.68. The average Bonchev–Trinajstić information content (AvgIpc) is 2.88. The minimum Gasteiger partial charge on any atom is -0.544 e. The van der Waals surface area contributed by atoms with Gasteiger partial charge in [-0.2, -0.15) is 0 Å². The van der Waals surface area contributed by atoms with Crippen LogP contribution < -0.4 is 18.3 Å². The van der Waals surface area contributed by atoms with E-state index in [1.165, 1.54) is 0 Å². The number of rotatable bonds is 7. The van der Waals surface area contributed by atoms with Crippen molar-refractivity contribution in [3.8, 4) is 23.0 Å². The third kappa shape index (κ3) is 6.08. The summed E-state index contributed by atoms with van der Waals surface area (Å²) in [5.41, 5.74) is 1.17. The summed E-state index contributed by atoms with van der Waals surface area (Å²) in [6.45, 7) is 22.7. The standard InChI is InChI=1S/C34H48O5Si2/c1-32(2,3)40(8,9)38-27-16-12-24(13-17-27)30-23-37-31-22-28(39-41(10,11)33(4,5)6)20-21-29(31)34(30,35)25-14-18-26(36-7)19-15-25/h12-22,30,35H,23H2,1-11H3. The van der Waals surface area contributed by atoms with Gasteiger partial charge in [0.2, 0.25) is 16.6 Å². The largest absolute Gasteiger partial charge is 0.544 e. The smallest absolute Gasteiger partial charge is 0.250 e. The molecule has 1 N–H and O–H groups in total. The summed E-state index contributed by atoms with van der Waals surface area (Å²) in [5, 5.41) is 12.9. The molecule has 0 saturated heterocycles. The van der Waals surface area contributed by atoms with E-state index in [-0.39, 0.29) is 16.0 Å². The molecule has 0 aliphatic carbocycles. The lowest BCUT2D eigenvalue weighted by Crippen LogP contribution is -2.44. The first-order chi connectivity index (χ1) is 18.9. The van der Waals surface area contributed by atoms with Crippen molar-refractivity contribution in [1.29, 1.82) is 0 Å². The van der Waals surface area contributed by atoms with E-state index in [0.717, 1.165) is 33.9 Å². The Bertz CT molecular complexity index is 1350. The summed E-state index contributed by atoms with van der Waals surface area (Å²) in [6, 6.07) is 21.7. The van der Waals surface area contributed by atoms with Crippen LogP contribution in [0.3, 0.4) is 0 Å². The normalized spacial score (nSPS) is 19.7. The number of methoxy groups -OCH3 is 1. The number of aliphatic hydroxyl groups is 1. The van der Waals surface area contributed by atoms with Crippen molar-refractivity contribution >= 4 is 16.6 Å². The molecule has 0 aromatic heterocycles. The fraction of sp³-hybridized carbons (Fsp3) is 0.471. The number of benzene rings is 3. The van der Waals surface area contributed by atoms with Gasteiger partial charge in [0.15, 0.2) is 0 Å². The van der Waals surface area contributed by atoms with Crippen LogP contribution in [-0.2, 0) is 5.60 Å². The van der Waals surface area contributed by atoms with Crippen LogP contribution in [0.1, 0.15) is 64.2 Å². The Kier molecular flexibility index (Phi) is 8.24. The Hall–Kier alpha value is -2.75. The molecule has 222 valence electrons. The van der Waals surface area contributed by atoms with Crippen molar-refractivity contribution in [2.24, 2.45) is 0 Å². The van der Waals surface area contributed by atoms with E-state index < -0.39 is 22.2 Å². The Labute approximate surface area is 249 Å². The van der Waals surface area contributed by atoms with Crippen molar-refractivity contribution in [3.63, 3.8) is 0 Å². The van der Waals surface area contributed by atoms with Gasteiger partial charge >= 0.3 is 0 Å². The average molecular weight is 593 g/mol. The van der Waals surface area contributed by atoms with Crippen molar-refractivity contribution in [3.05, 3.63) is 83.4 Å². The van der Waals surface area contributed by atoms with Crippen LogP contribution in [0.5, 0.6) is 23.0 Å². The van der Waals surface area contributed by atoms with Crippen LogP contribution in [0.4, 0.5) is 0 Å². The maximum Gasteiger partial charge on any atom is 0.250 e. The van der Waals surface area contributed by atoms with E-state index in [4.69, 9.17) is 18.3 Å². The highest BCUT2D eigenvalue weighted by Crippen LogP contribution is 2.51. The second kappa shape index (κ2) is 10.8. The summed E-state index contributed by atoms with van der Waals surface area (Å²) >= 11 is 0. The molecule has 2 atom stereocenters. The summed E-state index contributed by atoms with van der Waals surface area (Å²) < 4.78 is 24.9. The number of hydrogen-bond donors (Lipinski definition) is 1. The molecule has 1 heterocycles. The molecule has 0 bridgehead atoms. The van der Waals surface area contributed by atoms with Crippen molar-refractivity contribution in [1.82, 2.24) is 0 Å². The Morgan fingerprint density at radius 1 is 0.732 bits per heavy atom. The molecule has 7 heteroatoms. The van der Waals surface area contributed by atoms with Crippen molar-refractivity contribution in [2.75, 3.05) is 13.7 Å². The lowest BCUT2D eigenvalue weighted by molar-refractivity contribution is 0.0106. The second-order valence-electron chi connectivity index (χ2n) is 14.3. The van der Waals surface area contributed by atoms with Gasteiger partial charge in [0.05, 0.1) is 19.6 Å². The van der Waals surface area contributed by atoms with Gasteiger partial charge in [0, 0.05) is 11.6 Å². The molecular weight excluding hydrogens is 545 g/mol. The Morgan fingerprint density at radius 2 is 1.22 bits per heavy atom. The first-order valence-corrected chi connectivity index (χ1v) is 20.3. The lowest BCUT2D eigenvalue weighted by atomic mass is 9.71. The number of fused-ring (bicyclic) bond motifs is 1. The van der Waals surface area contributed by atoms with E-state index in [1.807, 2.05) is 54.6 Å². The molecule has 3 aromatic carbocycles. The Morgan fingerprint density at radius 3 is 1.73 bits per heavy atom. The predicted molar refractivity (Wildman–Crippen MR) is 173 cm³/mol. The van der Waals surface area contributed by atoms with E-state index in [0.29, 0.717) is 12.4 Å².